The minimum atomic E-state index is -3.93. The van der Waals surface area contributed by atoms with Gasteiger partial charge in [0.25, 0.3) is 5.91 Å². The molecule has 0 aliphatic carbocycles. The molecule has 0 bridgehead atoms. The third kappa shape index (κ3) is 2.97. The minimum absolute atomic E-state index is 0.143. The van der Waals surface area contributed by atoms with E-state index in [0.717, 1.165) is 0 Å². The van der Waals surface area contributed by atoms with Crippen molar-refractivity contribution in [2.75, 3.05) is 6.54 Å². The van der Waals surface area contributed by atoms with Gasteiger partial charge in [-0.05, 0) is 26.0 Å². The molecular weight excluding hydrogens is 305 g/mol. The molecule has 8 heteroatoms. The maximum atomic E-state index is 12.2. The molecule has 0 spiro atoms. The van der Waals surface area contributed by atoms with Crippen molar-refractivity contribution in [1.29, 1.82) is 0 Å². The van der Waals surface area contributed by atoms with Gasteiger partial charge in [-0.1, -0.05) is 12.1 Å². The Balaban J connectivity index is 2.27. The number of amides is 1. The molecule has 0 fully saturated rings. The molecule has 0 saturated heterocycles. The van der Waals surface area contributed by atoms with Crippen LogP contribution in [-0.4, -0.2) is 29.2 Å². The van der Waals surface area contributed by atoms with E-state index in [1.165, 1.54) is 12.1 Å². The number of ether oxygens (including phenoxy) is 1. The second-order valence-electron chi connectivity index (χ2n) is 4.44. The molecule has 1 aliphatic rings. The number of esters is 1. The number of hydrogen-bond donors (Lipinski definition) is 0. The van der Waals surface area contributed by atoms with Gasteiger partial charge in [0.05, 0.1) is 11.7 Å². The molecule has 1 amide bonds. The van der Waals surface area contributed by atoms with Crippen molar-refractivity contribution < 1.29 is 23.4 Å². The van der Waals surface area contributed by atoms with Crippen molar-refractivity contribution >= 4 is 30.0 Å². The standard InChI is InChI=1S/C12H13ClNO5P/c1-8(2)18-11(15)7-14-12(16)9-5-3-4-6-10(9)19-20(14,13)17/h3-6,8H,7H2,1-2H3. The van der Waals surface area contributed by atoms with Crippen LogP contribution in [0.25, 0.3) is 0 Å². The van der Waals surface area contributed by atoms with E-state index < -0.39 is 25.3 Å². The van der Waals surface area contributed by atoms with Crippen molar-refractivity contribution in [2.24, 2.45) is 0 Å². The molecule has 6 nitrogen and oxygen atoms in total. The van der Waals surface area contributed by atoms with Crippen LogP contribution in [0, 0.1) is 0 Å². The summed E-state index contributed by atoms with van der Waals surface area (Å²) >= 11 is 5.77. The number of para-hydroxylation sites is 1. The summed E-state index contributed by atoms with van der Waals surface area (Å²) in [5.74, 6) is -1.17. The average Bonchev–Trinajstić information content (AvgIpc) is 2.33. The van der Waals surface area contributed by atoms with Crippen molar-refractivity contribution in [1.82, 2.24) is 4.67 Å². The summed E-state index contributed by atoms with van der Waals surface area (Å²) in [6.45, 7) is -1.11. The molecule has 0 aromatic heterocycles. The number of fused-ring (bicyclic) bond motifs is 1. The SMILES string of the molecule is CC(C)OC(=O)CN1C(=O)c2ccccc2OP1(=O)Cl. The highest BCUT2D eigenvalue weighted by atomic mass is 35.7. The van der Waals surface area contributed by atoms with Gasteiger partial charge in [0.15, 0.2) is 0 Å². The lowest BCUT2D eigenvalue weighted by Crippen LogP contribution is -2.37. The van der Waals surface area contributed by atoms with Crippen molar-refractivity contribution in [3.05, 3.63) is 29.8 Å². The first-order chi connectivity index (χ1) is 9.31. The van der Waals surface area contributed by atoms with Gasteiger partial charge in [-0.25, -0.2) is 9.24 Å². The van der Waals surface area contributed by atoms with Crippen LogP contribution in [0.1, 0.15) is 24.2 Å². The Morgan fingerprint density at radius 2 is 2.10 bits per heavy atom. The number of rotatable bonds is 3. The van der Waals surface area contributed by atoms with Gasteiger partial charge in [-0.15, -0.1) is 0 Å². The van der Waals surface area contributed by atoms with E-state index in [-0.39, 0.29) is 17.4 Å². The van der Waals surface area contributed by atoms with Gasteiger partial charge in [0, 0.05) is 11.2 Å². The molecule has 108 valence electrons. The van der Waals surface area contributed by atoms with Gasteiger partial charge in [-0.2, -0.15) is 0 Å². The fraction of sp³-hybridized carbons (Fsp3) is 0.333. The number of carbonyl (C=O) groups excluding carboxylic acids is 2. The Kier molecular flexibility index (Phi) is 4.06. The first-order valence-corrected chi connectivity index (χ1v) is 8.39. The van der Waals surface area contributed by atoms with E-state index >= 15 is 0 Å². The van der Waals surface area contributed by atoms with Crippen LogP contribution in [-0.2, 0) is 14.1 Å². The van der Waals surface area contributed by atoms with Gasteiger partial charge in [0.2, 0.25) is 0 Å². The zero-order valence-corrected chi connectivity index (χ0v) is 12.6. The Morgan fingerprint density at radius 1 is 1.45 bits per heavy atom. The van der Waals surface area contributed by atoms with Crippen LogP contribution in [0.5, 0.6) is 5.75 Å². The van der Waals surface area contributed by atoms with Crippen LogP contribution in [0.15, 0.2) is 24.3 Å². The number of hydrogen-bond acceptors (Lipinski definition) is 5. The molecular formula is C12H13ClNO5P. The largest absolute Gasteiger partial charge is 0.462 e. The lowest BCUT2D eigenvalue weighted by atomic mass is 10.2. The summed E-state index contributed by atoms with van der Waals surface area (Å²) in [4.78, 5) is 23.9. The van der Waals surface area contributed by atoms with Gasteiger partial charge in [-0.3, -0.25) is 9.59 Å². The topological polar surface area (TPSA) is 72.9 Å². The highest BCUT2D eigenvalue weighted by Crippen LogP contribution is 2.59. The van der Waals surface area contributed by atoms with Crippen molar-refractivity contribution in [3.8, 4) is 5.75 Å². The normalized spacial score (nSPS) is 21.4. The van der Waals surface area contributed by atoms with Crippen LogP contribution >= 0.6 is 18.1 Å². The Morgan fingerprint density at radius 3 is 2.75 bits per heavy atom. The highest BCUT2D eigenvalue weighted by Gasteiger charge is 2.43. The van der Waals surface area contributed by atoms with E-state index in [0.29, 0.717) is 4.67 Å². The predicted octanol–water partition coefficient (Wildman–Crippen LogP) is 2.82. The van der Waals surface area contributed by atoms with Gasteiger partial charge >= 0.3 is 12.8 Å². The molecule has 2 rings (SSSR count). The smallest absolute Gasteiger partial charge is 0.441 e. The summed E-state index contributed by atoms with van der Waals surface area (Å²) in [6, 6.07) is 6.27. The van der Waals surface area contributed by atoms with Crippen molar-refractivity contribution in [2.45, 2.75) is 20.0 Å². The summed E-state index contributed by atoms with van der Waals surface area (Å²) in [7, 11) is 0. The van der Waals surface area contributed by atoms with E-state index in [1.54, 1.807) is 26.0 Å². The summed E-state index contributed by atoms with van der Waals surface area (Å²) in [5.41, 5.74) is 0.206. The zero-order chi connectivity index (χ0) is 14.9. The molecule has 1 aliphatic heterocycles. The third-order valence-corrected chi connectivity index (χ3v) is 4.57. The molecule has 1 unspecified atom stereocenters. The van der Waals surface area contributed by atoms with Crippen LogP contribution < -0.4 is 4.52 Å². The summed E-state index contributed by atoms with van der Waals surface area (Å²) in [5, 5.41) is 0. The monoisotopic (exact) mass is 317 g/mol. The molecule has 20 heavy (non-hydrogen) atoms. The Bertz CT molecular complexity index is 603. The third-order valence-electron chi connectivity index (χ3n) is 2.50. The average molecular weight is 318 g/mol. The molecule has 1 heterocycles. The lowest BCUT2D eigenvalue weighted by molar-refractivity contribution is -0.147. The van der Waals surface area contributed by atoms with E-state index in [4.69, 9.17) is 20.5 Å². The second kappa shape index (κ2) is 5.46. The maximum absolute atomic E-state index is 12.2. The lowest BCUT2D eigenvalue weighted by Gasteiger charge is -2.31. The molecule has 1 aromatic rings. The molecule has 0 saturated carbocycles. The molecule has 0 N–H and O–H groups in total. The molecule has 0 radical (unpaired) electrons. The fourth-order valence-electron chi connectivity index (χ4n) is 1.72. The first kappa shape index (κ1) is 14.9. The number of benzene rings is 1. The quantitative estimate of drug-likeness (QED) is 0.633. The van der Waals surface area contributed by atoms with Gasteiger partial charge in [0.1, 0.15) is 12.3 Å². The van der Waals surface area contributed by atoms with E-state index in [2.05, 4.69) is 0 Å². The maximum Gasteiger partial charge on any atom is 0.441 e. The molecule has 1 atom stereocenters. The van der Waals surface area contributed by atoms with Crippen LogP contribution in [0.2, 0.25) is 0 Å². The Hall–Kier alpha value is -1.52. The van der Waals surface area contributed by atoms with Crippen molar-refractivity contribution in [3.63, 3.8) is 0 Å². The minimum Gasteiger partial charge on any atom is -0.462 e. The Labute approximate surface area is 120 Å². The second-order valence-corrected chi connectivity index (χ2v) is 7.29. The number of nitrogens with zero attached hydrogens (tertiary/aromatic N) is 1. The number of carbonyl (C=O) groups is 2. The van der Waals surface area contributed by atoms with E-state index in [9.17, 15) is 14.2 Å². The predicted molar refractivity (Wildman–Crippen MR) is 72.8 cm³/mol. The molecule has 1 aromatic carbocycles. The fourth-order valence-corrected chi connectivity index (χ4v) is 3.42. The highest BCUT2D eigenvalue weighted by molar-refractivity contribution is 7.84. The van der Waals surface area contributed by atoms with Crippen LogP contribution in [0.3, 0.4) is 0 Å². The van der Waals surface area contributed by atoms with E-state index in [1.807, 2.05) is 0 Å². The van der Waals surface area contributed by atoms with Crippen LogP contribution in [0.4, 0.5) is 0 Å². The first-order valence-electron chi connectivity index (χ1n) is 5.91. The zero-order valence-electron chi connectivity index (χ0n) is 10.9. The summed E-state index contributed by atoms with van der Waals surface area (Å²) in [6.07, 6.45) is -0.342. The summed E-state index contributed by atoms with van der Waals surface area (Å²) < 4.78 is 23.0. The number of halogens is 1. The van der Waals surface area contributed by atoms with Gasteiger partial charge < -0.3 is 9.26 Å².